The number of hydrogen-bond acceptors (Lipinski definition) is 6. The van der Waals surface area contributed by atoms with Gasteiger partial charge in [-0.15, -0.1) is 0 Å². The predicted molar refractivity (Wildman–Crippen MR) is 149 cm³/mol. The van der Waals surface area contributed by atoms with Crippen LogP contribution in [0.2, 0.25) is 0 Å². The van der Waals surface area contributed by atoms with Crippen molar-refractivity contribution in [3.8, 4) is 22.8 Å². The number of carbonyl (C=O) groups excluding carboxylic acids is 1. The van der Waals surface area contributed by atoms with Crippen molar-refractivity contribution >= 4 is 28.0 Å². The van der Waals surface area contributed by atoms with E-state index in [1.807, 2.05) is 65.4 Å². The number of benzene rings is 2. The molecule has 1 amide bonds. The summed E-state index contributed by atoms with van der Waals surface area (Å²) in [6, 6.07) is 12.0. The molecule has 8 rings (SSSR count). The van der Waals surface area contributed by atoms with Crippen LogP contribution in [0.4, 0.5) is 0 Å². The lowest BCUT2D eigenvalue weighted by atomic mass is 9.68. The molecular formula is C30H29N7O2. The lowest BCUT2D eigenvalue weighted by Crippen LogP contribution is -2.52. The van der Waals surface area contributed by atoms with Gasteiger partial charge in [-0.05, 0) is 75.6 Å². The number of amides is 1. The average molecular weight is 520 g/mol. The summed E-state index contributed by atoms with van der Waals surface area (Å²) < 4.78 is 10.3. The van der Waals surface area contributed by atoms with Crippen molar-refractivity contribution in [3.63, 3.8) is 0 Å². The molecule has 2 saturated heterocycles. The van der Waals surface area contributed by atoms with Crippen LogP contribution in [0, 0.1) is 13.8 Å². The lowest BCUT2D eigenvalue weighted by Gasteiger charge is -2.45. The topological polar surface area (TPSA) is 91.0 Å². The monoisotopic (exact) mass is 519 g/mol. The average Bonchev–Trinajstić information content (AvgIpc) is 3.63. The van der Waals surface area contributed by atoms with Crippen molar-refractivity contribution in [2.45, 2.75) is 44.7 Å². The highest BCUT2D eigenvalue weighted by atomic mass is 16.5. The summed E-state index contributed by atoms with van der Waals surface area (Å²) in [5.74, 6) is 1.48. The third-order valence-corrected chi connectivity index (χ3v) is 8.44. The van der Waals surface area contributed by atoms with E-state index in [1.54, 1.807) is 12.7 Å². The Labute approximate surface area is 225 Å². The van der Waals surface area contributed by atoms with E-state index in [9.17, 15) is 4.79 Å². The molecule has 1 saturated carbocycles. The molecule has 2 aromatic carbocycles. The van der Waals surface area contributed by atoms with E-state index in [2.05, 4.69) is 34.5 Å². The van der Waals surface area contributed by atoms with Crippen molar-refractivity contribution in [1.29, 1.82) is 0 Å². The SMILES string of the molecule is C=CC(=O)N1CC2(n3nc(-c4ccc(Oc5ccc6c(c5)ncn6C)c(C)c4)c4c(C)ncnc43)CC1(C)C2. The molecule has 0 unspecified atom stereocenters. The van der Waals surface area contributed by atoms with Gasteiger partial charge < -0.3 is 14.2 Å². The van der Waals surface area contributed by atoms with E-state index in [-0.39, 0.29) is 17.0 Å². The van der Waals surface area contributed by atoms with Gasteiger partial charge in [0.05, 0.1) is 34.0 Å². The van der Waals surface area contributed by atoms with Crippen molar-refractivity contribution in [1.82, 2.24) is 34.2 Å². The summed E-state index contributed by atoms with van der Waals surface area (Å²) in [7, 11) is 1.98. The largest absolute Gasteiger partial charge is 0.457 e. The summed E-state index contributed by atoms with van der Waals surface area (Å²) in [4.78, 5) is 28.1. The lowest BCUT2D eigenvalue weighted by molar-refractivity contribution is -0.129. The molecule has 9 nitrogen and oxygen atoms in total. The zero-order chi connectivity index (χ0) is 27.1. The Hall–Kier alpha value is -4.53. The van der Waals surface area contributed by atoms with Gasteiger partial charge in [0.2, 0.25) is 5.91 Å². The second kappa shape index (κ2) is 7.99. The highest BCUT2D eigenvalue weighted by Gasteiger charge is 2.66. The number of carbonyl (C=O) groups is 1. The highest BCUT2D eigenvalue weighted by Crippen LogP contribution is 2.58. The van der Waals surface area contributed by atoms with Crippen LogP contribution in [0.15, 0.2) is 61.7 Å². The molecule has 0 N–H and O–H groups in total. The molecule has 3 aromatic heterocycles. The molecule has 0 atom stereocenters. The van der Waals surface area contributed by atoms with E-state index < -0.39 is 0 Å². The number of fused-ring (bicyclic) bond motifs is 3. The standard InChI is InChI=1S/C30H29N7O2/c1-6-25(38)36-15-30(13-29(36,4)14-30)37-28-26(19(3)31-16-32-28)27(34-37)20-7-10-24(18(2)11-20)39-21-8-9-23-22(12-21)33-17-35(23)5/h6-12,16-17H,1,13-15H2,2-5H3. The normalized spacial score (nSPS) is 21.9. The van der Waals surface area contributed by atoms with Crippen LogP contribution in [-0.4, -0.2) is 52.2 Å². The first kappa shape index (κ1) is 23.6. The number of hydrogen-bond donors (Lipinski definition) is 0. The molecule has 9 heteroatoms. The molecule has 3 aliphatic rings. The van der Waals surface area contributed by atoms with Gasteiger partial charge >= 0.3 is 0 Å². The molecule has 5 heterocycles. The molecule has 39 heavy (non-hydrogen) atoms. The quantitative estimate of drug-likeness (QED) is 0.301. The summed E-state index contributed by atoms with van der Waals surface area (Å²) in [6.45, 7) is 10.5. The maximum Gasteiger partial charge on any atom is 0.246 e. The molecule has 0 radical (unpaired) electrons. The van der Waals surface area contributed by atoms with E-state index >= 15 is 0 Å². The Morgan fingerprint density at radius 3 is 2.69 bits per heavy atom. The fourth-order valence-corrected chi connectivity index (χ4v) is 6.67. The van der Waals surface area contributed by atoms with Crippen LogP contribution in [0.3, 0.4) is 0 Å². The van der Waals surface area contributed by atoms with Crippen LogP contribution in [-0.2, 0) is 17.4 Å². The van der Waals surface area contributed by atoms with Gasteiger partial charge in [0.1, 0.15) is 23.5 Å². The molecule has 196 valence electrons. The molecule has 5 aromatic rings. The van der Waals surface area contributed by atoms with Crippen molar-refractivity contribution in [2.75, 3.05) is 6.54 Å². The van der Waals surface area contributed by atoms with Crippen molar-refractivity contribution in [3.05, 3.63) is 73.0 Å². The number of nitrogens with zero attached hydrogens (tertiary/aromatic N) is 7. The van der Waals surface area contributed by atoms with Crippen molar-refractivity contribution in [2.24, 2.45) is 7.05 Å². The number of imidazole rings is 1. The minimum absolute atomic E-state index is 0.0345. The van der Waals surface area contributed by atoms with Gasteiger partial charge in [0.25, 0.3) is 0 Å². The zero-order valence-electron chi connectivity index (χ0n) is 22.5. The number of ether oxygens (including phenoxy) is 1. The van der Waals surface area contributed by atoms with Crippen molar-refractivity contribution < 1.29 is 9.53 Å². The number of aryl methyl sites for hydroxylation is 3. The Morgan fingerprint density at radius 1 is 1.10 bits per heavy atom. The van der Waals surface area contributed by atoms with Gasteiger partial charge in [0, 0.05) is 30.8 Å². The van der Waals surface area contributed by atoms with Gasteiger partial charge in [-0.3, -0.25) is 4.79 Å². The van der Waals surface area contributed by atoms with Crippen LogP contribution in [0.5, 0.6) is 11.5 Å². The Kier molecular flexibility index (Phi) is 4.83. The smallest absolute Gasteiger partial charge is 0.246 e. The van der Waals surface area contributed by atoms with E-state index in [4.69, 9.17) is 9.84 Å². The van der Waals surface area contributed by atoms with Gasteiger partial charge in [-0.25, -0.2) is 19.6 Å². The summed E-state index contributed by atoms with van der Waals surface area (Å²) in [6.07, 6.45) is 6.47. The van der Waals surface area contributed by atoms with E-state index in [0.717, 1.165) is 68.9 Å². The summed E-state index contributed by atoms with van der Waals surface area (Å²) >= 11 is 0. The second-order valence-corrected chi connectivity index (χ2v) is 11.2. The van der Waals surface area contributed by atoms with Crippen LogP contribution >= 0.6 is 0 Å². The predicted octanol–water partition coefficient (Wildman–Crippen LogP) is 5.07. The Morgan fingerprint density at radius 2 is 1.92 bits per heavy atom. The third kappa shape index (κ3) is 3.35. The maximum absolute atomic E-state index is 12.6. The maximum atomic E-state index is 12.6. The minimum atomic E-state index is -0.285. The number of rotatable bonds is 5. The molecule has 3 fully saturated rings. The first-order valence-corrected chi connectivity index (χ1v) is 13.1. The molecule has 0 spiro atoms. The molecule has 1 aliphatic carbocycles. The van der Waals surface area contributed by atoms with Crippen LogP contribution < -0.4 is 4.74 Å². The zero-order valence-corrected chi connectivity index (χ0v) is 22.5. The van der Waals surface area contributed by atoms with Crippen LogP contribution in [0.1, 0.15) is 31.0 Å². The fourth-order valence-electron chi connectivity index (χ4n) is 6.67. The Balaban J connectivity index is 1.26. The first-order chi connectivity index (χ1) is 18.7. The minimum Gasteiger partial charge on any atom is -0.457 e. The number of aromatic nitrogens is 6. The fraction of sp³-hybridized carbons (Fsp3) is 0.300. The Bertz CT molecular complexity index is 1830. The summed E-state index contributed by atoms with van der Waals surface area (Å²) in [5.41, 5.74) is 5.95. The van der Waals surface area contributed by atoms with Gasteiger partial charge in [-0.2, -0.15) is 5.10 Å². The van der Waals surface area contributed by atoms with E-state index in [1.165, 1.54) is 6.08 Å². The van der Waals surface area contributed by atoms with E-state index in [0.29, 0.717) is 6.54 Å². The molecule has 2 aliphatic heterocycles. The van der Waals surface area contributed by atoms with Gasteiger partial charge in [-0.1, -0.05) is 6.58 Å². The second-order valence-electron chi connectivity index (χ2n) is 11.2. The third-order valence-electron chi connectivity index (χ3n) is 8.44. The highest BCUT2D eigenvalue weighted by molar-refractivity contribution is 5.93. The molecule has 2 bridgehead atoms. The summed E-state index contributed by atoms with van der Waals surface area (Å²) in [5, 5.41) is 6.09. The first-order valence-electron chi connectivity index (χ1n) is 13.1. The van der Waals surface area contributed by atoms with Crippen LogP contribution in [0.25, 0.3) is 33.3 Å². The van der Waals surface area contributed by atoms with Gasteiger partial charge in [0.15, 0.2) is 5.65 Å². The molecular weight excluding hydrogens is 490 g/mol.